The van der Waals surface area contributed by atoms with Gasteiger partial charge in [-0.15, -0.1) is 0 Å². The molecule has 0 aliphatic carbocycles. The molecule has 0 spiro atoms. The average Bonchev–Trinajstić information content (AvgIpc) is 2.36. The summed E-state index contributed by atoms with van der Waals surface area (Å²) in [6.45, 7) is 0.371. The van der Waals surface area contributed by atoms with Gasteiger partial charge in [-0.05, 0) is 12.1 Å². The van der Waals surface area contributed by atoms with Crippen LogP contribution in [-0.4, -0.2) is 42.9 Å². The second kappa shape index (κ2) is 7.29. The second-order valence-corrected chi connectivity index (χ2v) is 3.55. The number of rotatable bonds is 7. The summed E-state index contributed by atoms with van der Waals surface area (Å²) < 4.78 is 9.71. The predicted molar refractivity (Wildman–Crippen MR) is 66.1 cm³/mol. The van der Waals surface area contributed by atoms with Gasteiger partial charge >= 0.3 is 0 Å². The van der Waals surface area contributed by atoms with Gasteiger partial charge in [-0.3, -0.25) is 14.9 Å². The van der Waals surface area contributed by atoms with Crippen LogP contribution >= 0.6 is 0 Å². The number of aromatic hydroxyl groups is 1. The fraction of sp³-hybridized carbons (Fsp3) is 0.364. The van der Waals surface area contributed by atoms with Crippen LogP contribution in [0.15, 0.2) is 18.2 Å². The Balaban J connectivity index is 2.61. The van der Waals surface area contributed by atoms with Crippen LogP contribution in [0.4, 0.5) is 11.4 Å². The molecule has 0 radical (unpaired) electrons. The minimum absolute atomic E-state index is 0.00291. The van der Waals surface area contributed by atoms with Gasteiger partial charge < -0.3 is 19.9 Å². The monoisotopic (exact) mass is 270 g/mol. The van der Waals surface area contributed by atoms with Crippen molar-refractivity contribution < 1.29 is 24.3 Å². The number of carbonyl (C=O) groups is 1. The lowest BCUT2D eigenvalue weighted by Crippen LogP contribution is -2.20. The van der Waals surface area contributed by atoms with Crippen molar-refractivity contribution in [2.75, 3.05) is 32.2 Å². The minimum atomic E-state index is -0.693. The zero-order valence-corrected chi connectivity index (χ0v) is 10.3. The average molecular weight is 270 g/mol. The Morgan fingerprint density at radius 2 is 2.21 bits per heavy atom. The molecule has 0 aliphatic rings. The Labute approximate surface area is 109 Å². The van der Waals surface area contributed by atoms with Gasteiger partial charge in [0.05, 0.1) is 24.2 Å². The highest BCUT2D eigenvalue weighted by Gasteiger charge is 2.16. The van der Waals surface area contributed by atoms with Gasteiger partial charge in [-0.2, -0.15) is 0 Å². The van der Waals surface area contributed by atoms with Crippen LogP contribution in [0.5, 0.6) is 5.75 Å². The molecule has 1 rings (SSSR count). The molecule has 0 bridgehead atoms. The van der Waals surface area contributed by atoms with Crippen molar-refractivity contribution in [3.63, 3.8) is 0 Å². The lowest BCUT2D eigenvalue weighted by Gasteiger charge is -2.07. The van der Waals surface area contributed by atoms with E-state index in [0.717, 1.165) is 6.07 Å². The molecular formula is C11H14N2O6. The fourth-order valence-corrected chi connectivity index (χ4v) is 1.27. The molecule has 1 amide bonds. The Bertz CT molecular complexity index is 462. The van der Waals surface area contributed by atoms with Crippen molar-refractivity contribution in [2.24, 2.45) is 0 Å². The number of nitrogens with one attached hydrogen (secondary N) is 1. The number of methoxy groups -OCH3 is 1. The normalized spacial score (nSPS) is 10.2. The molecule has 0 aromatic heterocycles. The Morgan fingerprint density at radius 3 is 2.84 bits per heavy atom. The maximum Gasteiger partial charge on any atom is 0.296 e. The van der Waals surface area contributed by atoms with Crippen LogP contribution in [0.25, 0.3) is 0 Å². The summed E-state index contributed by atoms with van der Waals surface area (Å²) in [7, 11) is 1.50. The lowest BCUT2D eigenvalue weighted by molar-refractivity contribution is -0.384. The second-order valence-electron chi connectivity index (χ2n) is 3.55. The van der Waals surface area contributed by atoms with Crippen LogP contribution in [0.1, 0.15) is 0 Å². The van der Waals surface area contributed by atoms with Gasteiger partial charge in [0, 0.05) is 7.11 Å². The third-order valence-electron chi connectivity index (χ3n) is 2.12. The van der Waals surface area contributed by atoms with Crippen molar-refractivity contribution >= 4 is 17.3 Å². The largest absolute Gasteiger partial charge is 0.508 e. The molecule has 2 N–H and O–H groups in total. The van der Waals surface area contributed by atoms with Crippen LogP contribution in [0.3, 0.4) is 0 Å². The zero-order valence-electron chi connectivity index (χ0n) is 10.3. The van der Waals surface area contributed by atoms with Gasteiger partial charge in [0.1, 0.15) is 18.0 Å². The van der Waals surface area contributed by atoms with E-state index in [4.69, 9.17) is 14.6 Å². The number of amides is 1. The smallest absolute Gasteiger partial charge is 0.296 e. The molecule has 0 fully saturated rings. The predicted octanol–water partition coefficient (Wildman–Crippen LogP) is 0.902. The number of nitrogens with zero attached hydrogens (tertiary/aromatic N) is 1. The van der Waals surface area contributed by atoms with E-state index < -0.39 is 10.8 Å². The number of phenols is 1. The summed E-state index contributed by atoms with van der Waals surface area (Å²) in [5.41, 5.74) is -0.381. The summed E-state index contributed by atoms with van der Waals surface area (Å²) in [5, 5.41) is 22.3. The van der Waals surface area contributed by atoms with E-state index in [-0.39, 0.29) is 30.3 Å². The molecule has 1 aromatic rings. The third-order valence-corrected chi connectivity index (χ3v) is 2.12. The molecule has 0 saturated heterocycles. The minimum Gasteiger partial charge on any atom is -0.508 e. The molecule has 8 heteroatoms. The van der Waals surface area contributed by atoms with Gasteiger partial charge in [0.15, 0.2) is 0 Å². The zero-order chi connectivity index (χ0) is 14.3. The molecule has 0 aliphatic heterocycles. The molecule has 1 aromatic carbocycles. The van der Waals surface area contributed by atoms with E-state index in [1.165, 1.54) is 19.2 Å². The molecule has 0 unspecified atom stereocenters. The Kier molecular flexibility index (Phi) is 5.71. The maximum absolute atomic E-state index is 11.5. The van der Waals surface area contributed by atoms with E-state index in [1.807, 2.05) is 0 Å². The van der Waals surface area contributed by atoms with Gasteiger partial charge in [0.25, 0.3) is 11.6 Å². The summed E-state index contributed by atoms with van der Waals surface area (Å²) >= 11 is 0. The molecule has 0 heterocycles. The summed E-state index contributed by atoms with van der Waals surface area (Å²) in [6.07, 6.45) is 0. The molecule has 0 saturated carbocycles. The first-order valence-electron chi connectivity index (χ1n) is 5.38. The number of nitro groups is 1. The van der Waals surface area contributed by atoms with Gasteiger partial charge in [0.2, 0.25) is 0 Å². The number of anilines is 1. The molecule has 0 atom stereocenters. The number of hydrogen-bond acceptors (Lipinski definition) is 6. The SMILES string of the molecule is COCCOCC(=O)Nc1ccc(O)cc1[N+](=O)[O-]. The highest BCUT2D eigenvalue weighted by molar-refractivity contribution is 5.94. The quantitative estimate of drug-likeness (QED) is 0.329. The summed E-state index contributed by atoms with van der Waals surface area (Å²) in [5.74, 6) is -0.772. The first-order valence-corrected chi connectivity index (χ1v) is 5.38. The maximum atomic E-state index is 11.5. The number of nitro benzene ring substituents is 1. The third kappa shape index (κ3) is 4.90. The lowest BCUT2D eigenvalue weighted by atomic mass is 10.2. The first kappa shape index (κ1) is 14.9. The van der Waals surface area contributed by atoms with E-state index in [9.17, 15) is 14.9 Å². The molecule has 19 heavy (non-hydrogen) atoms. The van der Waals surface area contributed by atoms with Crippen molar-refractivity contribution in [1.29, 1.82) is 0 Å². The van der Waals surface area contributed by atoms with E-state index >= 15 is 0 Å². The highest BCUT2D eigenvalue weighted by Crippen LogP contribution is 2.28. The van der Waals surface area contributed by atoms with Crippen molar-refractivity contribution in [3.8, 4) is 5.75 Å². The fourth-order valence-electron chi connectivity index (χ4n) is 1.27. The van der Waals surface area contributed by atoms with Crippen molar-refractivity contribution in [2.45, 2.75) is 0 Å². The van der Waals surface area contributed by atoms with Crippen LogP contribution in [0, 0.1) is 10.1 Å². The number of ether oxygens (including phenoxy) is 2. The van der Waals surface area contributed by atoms with Crippen molar-refractivity contribution in [1.82, 2.24) is 0 Å². The van der Waals surface area contributed by atoms with Crippen molar-refractivity contribution in [3.05, 3.63) is 28.3 Å². The number of carbonyl (C=O) groups excluding carboxylic acids is 1. The van der Waals surface area contributed by atoms with E-state index in [0.29, 0.717) is 6.61 Å². The molecular weight excluding hydrogens is 256 g/mol. The van der Waals surface area contributed by atoms with Gasteiger partial charge in [-0.25, -0.2) is 0 Å². The molecule has 104 valence electrons. The van der Waals surface area contributed by atoms with E-state index in [2.05, 4.69) is 5.32 Å². The Hall–Kier alpha value is -2.19. The van der Waals surface area contributed by atoms with Gasteiger partial charge in [-0.1, -0.05) is 0 Å². The van der Waals surface area contributed by atoms with E-state index in [1.54, 1.807) is 0 Å². The Morgan fingerprint density at radius 1 is 1.47 bits per heavy atom. The standard InChI is InChI=1S/C11H14N2O6/c1-18-4-5-19-7-11(15)12-9-3-2-8(14)6-10(9)13(16)17/h2-3,6,14H,4-5,7H2,1H3,(H,12,15). The van der Waals surface area contributed by atoms with Crippen LogP contribution in [-0.2, 0) is 14.3 Å². The summed E-state index contributed by atoms with van der Waals surface area (Å²) in [6, 6.07) is 3.45. The molecule has 8 nitrogen and oxygen atoms in total. The number of phenolic OH excluding ortho intramolecular Hbond substituents is 1. The highest BCUT2D eigenvalue weighted by atomic mass is 16.6. The van der Waals surface area contributed by atoms with Crippen LogP contribution in [0.2, 0.25) is 0 Å². The first-order chi connectivity index (χ1) is 9.04. The topological polar surface area (TPSA) is 111 Å². The number of benzene rings is 1. The van der Waals surface area contributed by atoms with Crippen LogP contribution < -0.4 is 5.32 Å². The number of hydrogen-bond donors (Lipinski definition) is 2. The summed E-state index contributed by atoms with van der Waals surface area (Å²) in [4.78, 5) is 21.5.